The van der Waals surface area contributed by atoms with E-state index in [0.29, 0.717) is 15.8 Å². The van der Waals surface area contributed by atoms with E-state index in [4.69, 9.17) is 27.9 Å². The Morgan fingerprint density at radius 3 is 2.52 bits per heavy atom. The first-order valence-electron chi connectivity index (χ1n) is 7.69. The van der Waals surface area contributed by atoms with Gasteiger partial charge in [-0.25, -0.2) is 4.79 Å². The van der Waals surface area contributed by atoms with Crippen LogP contribution in [-0.2, 0) is 4.79 Å². The van der Waals surface area contributed by atoms with Crippen LogP contribution in [0.2, 0.25) is 10.0 Å². The molecule has 2 N–H and O–H groups in total. The predicted molar refractivity (Wildman–Crippen MR) is 90.1 cm³/mol. The molecule has 0 saturated heterocycles. The molecule has 7 heteroatoms. The zero-order chi connectivity index (χ0) is 16.8. The highest BCUT2D eigenvalue weighted by molar-refractivity contribution is 6.42. The molecule has 0 radical (unpaired) electrons. The average Bonchev–Trinajstić information content (AvgIpc) is 2.51. The van der Waals surface area contributed by atoms with E-state index in [0.717, 1.165) is 25.7 Å². The van der Waals surface area contributed by atoms with Crippen molar-refractivity contribution in [2.75, 3.05) is 0 Å². The average molecular weight is 359 g/mol. The molecule has 2 rings (SSSR count). The lowest BCUT2D eigenvalue weighted by Gasteiger charge is -2.23. The normalized spacial score (nSPS) is 16.5. The summed E-state index contributed by atoms with van der Waals surface area (Å²) < 4.78 is 5.47. The molecule has 1 atom stereocenters. The van der Waals surface area contributed by atoms with E-state index in [2.05, 4.69) is 10.6 Å². The van der Waals surface area contributed by atoms with Crippen LogP contribution in [0.25, 0.3) is 0 Å². The van der Waals surface area contributed by atoms with Crippen LogP contribution in [0.5, 0.6) is 5.75 Å². The second-order valence-electron chi connectivity index (χ2n) is 5.63. The maximum absolute atomic E-state index is 12.0. The summed E-state index contributed by atoms with van der Waals surface area (Å²) in [6.07, 6.45) is 4.50. The molecular formula is C16H20Cl2N2O3. The number of nitrogens with one attached hydrogen (secondary N) is 2. The Balaban J connectivity index is 1.81. The number of amides is 3. The van der Waals surface area contributed by atoms with Gasteiger partial charge in [-0.2, -0.15) is 0 Å². The Morgan fingerprint density at radius 1 is 1.17 bits per heavy atom. The van der Waals surface area contributed by atoms with Gasteiger partial charge in [0.25, 0.3) is 5.91 Å². The molecule has 1 saturated carbocycles. The van der Waals surface area contributed by atoms with Crippen molar-refractivity contribution in [2.24, 2.45) is 0 Å². The van der Waals surface area contributed by atoms with Crippen LogP contribution in [0, 0.1) is 0 Å². The maximum atomic E-state index is 12.0. The van der Waals surface area contributed by atoms with Gasteiger partial charge in [-0.05, 0) is 31.9 Å². The molecule has 126 valence electrons. The number of carbonyl (C=O) groups is 2. The van der Waals surface area contributed by atoms with Crippen molar-refractivity contribution >= 4 is 35.1 Å². The summed E-state index contributed by atoms with van der Waals surface area (Å²) in [4.78, 5) is 23.8. The fourth-order valence-electron chi connectivity index (χ4n) is 2.49. The van der Waals surface area contributed by atoms with Gasteiger partial charge in [0.2, 0.25) is 0 Å². The van der Waals surface area contributed by atoms with E-state index >= 15 is 0 Å². The number of halogens is 2. The van der Waals surface area contributed by atoms with Gasteiger partial charge >= 0.3 is 6.03 Å². The largest absolute Gasteiger partial charge is 0.481 e. The highest BCUT2D eigenvalue weighted by Gasteiger charge is 2.20. The van der Waals surface area contributed by atoms with Crippen LogP contribution < -0.4 is 15.4 Å². The summed E-state index contributed by atoms with van der Waals surface area (Å²) in [5, 5.41) is 5.87. The minimum atomic E-state index is -0.829. The van der Waals surface area contributed by atoms with Crippen molar-refractivity contribution in [2.45, 2.75) is 51.2 Å². The number of carbonyl (C=O) groups excluding carboxylic acids is 2. The van der Waals surface area contributed by atoms with Crippen LogP contribution in [0.4, 0.5) is 4.79 Å². The molecule has 0 aromatic heterocycles. The summed E-state index contributed by atoms with van der Waals surface area (Å²) in [5.74, 6) is -0.0980. The monoisotopic (exact) mass is 358 g/mol. The first kappa shape index (κ1) is 17.9. The van der Waals surface area contributed by atoms with E-state index in [-0.39, 0.29) is 6.04 Å². The quantitative estimate of drug-likeness (QED) is 0.856. The first-order valence-corrected chi connectivity index (χ1v) is 8.44. The number of rotatable bonds is 4. The Labute approximate surface area is 145 Å². The van der Waals surface area contributed by atoms with Gasteiger partial charge < -0.3 is 10.1 Å². The van der Waals surface area contributed by atoms with E-state index in [9.17, 15) is 9.59 Å². The number of urea groups is 1. The molecule has 0 unspecified atom stereocenters. The molecule has 0 bridgehead atoms. The highest BCUT2D eigenvalue weighted by Crippen LogP contribution is 2.26. The third kappa shape index (κ3) is 5.59. The number of hydrogen-bond donors (Lipinski definition) is 2. The van der Waals surface area contributed by atoms with Gasteiger partial charge in [0, 0.05) is 12.1 Å². The molecule has 5 nitrogen and oxygen atoms in total. The molecular weight excluding hydrogens is 339 g/mol. The fourth-order valence-corrected chi connectivity index (χ4v) is 2.78. The van der Waals surface area contributed by atoms with Crippen molar-refractivity contribution in [1.82, 2.24) is 10.6 Å². The zero-order valence-electron chi connectivity index (χ0n) is 12.9. The molecule has 0 heterocycles. The lowest BCUT2D eigenvalue weighted by molar-refractivity contribution is -0.126. The lowest BCUT2D eigenvalue weighted by Crippen LogP contribution is -2.48. The number of ether oxygens (including phenoxy) is 1. The van der Waals surface area contributed by atoms with Crippen molar-refractivity contribution in [3.05, 3.63) is 28.2 Å². The second kappa shape index (κ2) is 8.41. The number of imide groups is 1. The lowest BCUT2D eigenvalue weighted by atomic mass is 9.96. The molecule has 3 amide bonds. The zero-order valence-corrected chi connectivity index (χ0v) is 14.4. The predicted octanol–water partition coefficient (Wildman–Crippen LogP) is 3.92. The highest BCUT2D eigenvalue weighted by atomic mass is 35.5. The summed E-state index contributed by atoms with van der Waals surface area (Å²) in [7, 11) is 0. The van der Waals surface area contributed by atoms with Gasteiger partial charge in [-0.3, -0.25) is 10.1 Å². The van der Waals surface area contributed by atoms with E-state index in [1.54, 1.807) is 19.1 Å². The summed E-state index contributed by atoms with van der Waals surface area (Å²) in [5.41, 5.74) is 0. The van der Waals surface area contributed by atoms with Gasteiger partial charge in [0.15, 0.2) is 6.10 Å². The van der Waals surface area contributed by atoms with Crippen LogP contribution in [0.15, 0.2) is 18.2 Å². The molecule has 1 aliphatic carbocycles. The maximum Gasteiger partial charge on any atom is 0.321 e. The van der Waals surface area contributed by atoms with Crippen molar-refractivity contribution in [3.8, 4) is 5.75 Å². The topological polar surface area (TPSA) is 67.4 Å². The molecule has 0 aliphatic heterocycles. The van der Waals surface area contributed by atoms with Crippen LogP contribution in [-0.4, -0.2) is 24.1 Å². The number of benzene rings is 1. The molecule has 0 spiro atoms. The third-order valence-electron chi connectivity index (χ3n) is 3.75. The number of hydrogen-bond acceptors (Lipinski definition) is 3. The van der Waals surface area contributed by atoms with E-state index < -0.39 is 18.0 Å². The van der Waals surface area contributed by atoms with Gasteiger partial charge in [0.05, 0.1) is 10.0 Å². The SMILES string of the molecule is C[C@H](Oc1ccc(Cl)c(Cl)c1)C(=O)NC(=O)NC1CCCCC1. The first-order chi connectivity index (χ1) is 11.0. The van der Waals surface area contributed by atoms with Gasteiger partial charge in [-0.1, -0.05) is 42.5 Å². The van der Waals surface area contributed by atoms with Crippen molar-refractivity contribution in [3.63, 3.8) is 0 Å². The van der Waals surface area contributed by atoms with Crippen LogP contribution >= 0.6 is 23.2 Å². The second-order valence-corrected chi connectivity index (χ2v) is 6.45. The third-order valence-corrected chi connectivity index (χ3v) is 4.49. The standard InChI is InChI=1S/C16H20Cl2N2O3/c1-10(23-12-7-8-13(17)14(18)9-12)15(21)20-16(22)19-11-5-3-2-4-6-11/h7-11H,2-6H2,1H3,(H2,19,20,21,22)/t10-/m0/s1. The molecule has 1 fully saturated rings. The van der Waals surface area contributed by atoms with E-state index in [1.165, 1.54) is 12.5 Å². The van der Waals surface area contributed by atoms with Crippen molar-refractivity contribution in [1.29, 1.82) is 0 Å². The van der Waals surface area contributed by atoms with Gasteiger partial charge in [0.1, 0.15) is 5.75 Å². The van der Waals surface area contributed by atoms with E-state index in [1.807, 2.05) is 0 Å². The Morgan fingerprint density at radius 2 is 1.87 bits per heavy atom. The summed E-state index contributed by atoms with van der Waals surface area (Å²) in [6, 6.07) is 4.38. The molecule has 1 aliphatic rings. The van der Waals surface area contributed by atoms with Crippen LogP contribution in [0.3, 0.4) is 0 Å². The van der Waals surface area contributed by atoms with Crippen LogP contribution in [0.1, 0.15) is 39.0 Å². The van der Waals surface area contributed by atoms with Gasteiger partial charge in [-0.15, -0.1) is 0 Å². The minimum absolute atomic E-state index is 0.142. The Hall–Kier alpha value is -1.46. The smallest absolute Gasteiger partial charge is 0.321 e. The van der Waals surface area contributed by atoms with Crippen molar-refractivity contribution < 1.29 is 14.3 Å². The summed E-state index contributed by atoms with van der Waals surface area (Å²) in [6.45, 7) is 1.56. The fraction of sp³-hybridized carbons (Fsp3) is 0.500. The summed E-state index contributed by atoms with van der Waals surface area (Å²) >= 11 is 11.7. The molecule has 1 aromatic rings. The minimum Gasteiger partial charge on any atom is -0.481 e. The molecule has 1 aromatic carbocycles. The molecule has 23 heavy (non-hydrogen) atoms. The Kier molecular flexibility index (Phi) is 6.54. The Bertz CT molecular complexity index is 574.